The van der Waals surface area contributed by atoms with E-state index in [1.54, 1.807) is 5.38 Å². The molecule has 1 aromatic heterocycles. The summed E-state index contributed by atoms with van der Waals surface area (Å²) in [7, 11) is 1.36. The summed E-state index contributed by atoms with van der Waals surface area (Å²) in [5.74, 6) is -0.761. The Morgan fingerprint density at radius 2 is 1.51 bits per heavy atom. The van der Waals surface area contributed by atoms with E-state index in [1.807, 2.05) is 54.6 Å². The molecule has 1 saturated heterocycles. The van der Waals surface area contributed by atoms with Crippen LogP contribution in [0.4, 0.5) is 5.13 Å². The van der Waals surface area contributed by atoms with Crippen LogP contribution >= 0.6 is 11.3 Å². The Bertz CT molecular complexity index is 1310. The number of benzene rings is 3. The van der Waals surface area contributed by atoms with E-state index >= 15 is 0 Å². The third-order valence-corrected chi connectivity index (χ3v) is 6.92. The molecular formula is C28H25N5O3S. The van der Waals surface area contributed by atoms with Crippen LogP contribution in [-0.4, -0.2) is 42.2 Å². The second-order valence-electron chi connectivity index (χ2n) is 8.40. The smallest absolute Gasteiger partial charge is 0.276 e. The van der Waals surface area contributed by atoms with Crippen molar-refractivity contribution in [3.8, 4) is 0 Å². The van der Waals surface area contributed by atoms with Crippen molar-refractivity contribution in [2.75, 3.05) is 19.0 Å². The Hall–Kier alpha value is -4.50. The van der Waals surface area contributed by atoms with Crippen molar-refractivity contribution in [2.45, 2.75) is 11.6 Å². The summed E-state index contributed by atoms with van der Waals surface area (Å²) >= 11 is 1.35. The Kier molecular flexibility index (Phi) is 6.96. The number of hydrogen-bond donors (Lipinski definition) is 3. The van der Waals surface area contributed by atoms with Gasteiger partial charge in [-0.05, 0) is 16.7 Å². The topological polar surface area (TPSA) is 105 Å². The fourth-order valence-corrected chi connectivity index (χ4v) is 5.06. The van der Waals surface area contributed by atoms with E-state index in [0.29, 0.717) is 17.4 Å². The second kappa shape index (κ2) is 10.6. The predicted octanol–water partition coefficient (Wildman–Crippen LogP) is 3.51. The first-order chi connectivity index (χ1) is 18.1. The number of anilines is 1. The molecule has 0 saturated carbocycles. The first-order valence-corrected chi connectivity index (χ1v) is 12.6. The fourth-order valence-electron chi connectivity index (χ4n) is 4.31. The summed E-state index contributed by atoms with van der Waals surface area (Å²) < 4.78 is 0. The van der Waals surface area contributed by atoms with Gasteiger partial charge in [-0.25, -0.2) is 4.98 Å². The molecule has 9 heteroatoms. The number of amides is 2. The Labute approximate surface area is 218 Å². The normalized spacial score (nSPS) is 15.3. The van der Waals surface area contributed by atoms with Gasteiger partial charge in [0.1, 0.15) is 24.4 Å². The van der Waals surface area contributed by atoms with Gasteiger partial charge >= 0.3 is 0 Å². The van der Waals surface area contributed by atoms with Crippen LogP contribution < -0.4 is 16.0 Å². The van der Waals surface area contributed by atoms with E-state index < -0.39 is 17.5 Å². The van der Waals surface area contributed by atoms with Crippen LogP contribution in [0.1, 0.15) is 22.4 Å². The number of thiazole rings is 1. The van der Waals surface area contributed by atoms with Gasteiger partial charge in [0.25, 0.3) is 5.91 Å². The van der Waals surface area contributed by atoms with Crippen molar-refractivity contribution in [2.24, 2.45) is 5.16 Å². The molecule has 2 amide bonds. The summed E-state index contributed by atoms with van der Waals surface area (Å²) in [4.78, 5) is 34.2. The minimum absolute atomic E-state index is 0.00349. The molecule has 2 heterocycles. The Morgan fingerprint density at radius 3 is 1.95 bits per heavy atom. The van der Waals surface area contributed by atoms with Gasteiger partial charge in [-0.3, -0.25) is 9.59 Å². The lowest BCUT2D eigenvalue weighted by atomic mass is 9.77. The molecule has 3 N–H and O–H groups in total. The summed E-state index contributed by atoms with van der Waals surface area (Å²) in [5, 5.41) is 15.2. The number of carbonyl (C=O) groups is 2. The molecule has 5 rings (SSSR count). The Morgan fingerprint density at radius 1 is 0.973 bits per heavy atom. The first-order valence-electron chi connectivity index (χ1n) is 11.7. The lowest BCUT2D eigenvalue weighted by molar-refractivity contribution is -0.131. The highest BCUT2D eigenvalue weighted by atomic mass is 32.1. The van der Waals surface area contributed by atoms with Crippen LogP contribution in [0, 0.1) is 0 Å². The Balaban J connectivity index is 1.56. The van der Waals surface area contributed by atoms with Crippen LogP contribution in [0.15, 0.2) is 102 Å². The van der Waals surface area contributed by atoms with Crippen LogP contribution in [-0.2, 0) is 20.0 Å². The van der Waals surface area contributed by atoms with E-state index in [-0.39, 0.29) is 11.6 Å². The summed E-state index contributed by atoms with van der Waals surface area (Å²) in [6, 6.07) is 29.9. The molecule has 186 valence electrons. The van der Waals surface area contributed by atoms with Gasteiger partial charge in [-0.1, -0.05) is 96.2 Å². The van der Waals surface area contributed by atoms with Gasteiger partial charge in [0, 0.05) is 11.9 Å². The molecule has 0 radical (unpaired) electrons. The number of hydrogen-bond acceptors (Lipinski definition) is 7. The third-order valence-electron chi connectivity index (χ3n) is 6.16. The van der Waals surface area contributed by atoms with E-state index in [0.717, 1.165) is 16.7 Å². The average molecular weight is 512 g/mol. The van der Waals surface area contributed by atoms with Crippen LogP contribution in [0.2, 0.25) is 0 Å². The van der Waals surface area contributed by atoms with Crippen LogP contribution in [0.5, 0.6) is 0 Å². The predicted molar refractivity (Wildman–Crippen MR) is 143 cm³/mol. The maximum atomic E-state index is 12.9. The largest absolute Gasteiger partial charge is 0.398 e. The molecular weight excluding hydrogens is 486 g/mol. The zero-order valence-electron chi connectivity index (χ0n) is 20.0. The number of nitrogens with one attached hydrogen (secondary N) is 3. The van der Waals surface area contributed by atoms with Crippen molar-refractivity contribution >= 4 is 34.0 Å². The van der Waals surface area contributed by atoms with Gasteiger partial charge in [0.2, 0.25) is 5.91 Å². The molecule has 0 spiro atoms. The van der Waals surface area contributed by atoms with Gasteiger partial charge < -0.3 is 20.8 Å². The second-order valence-corrected chi connectivity index (χ2v) is 9.26. The molecule has 3 aromatic carbocycles. The summed E-state index contributed by atoms with van der Waals surface area (Å²) in [5.41, 5.74) is 2.67. The molecule has 37 heavy (non-hydrogen) atoms. The van der Waals surface area contributed by atoms with Crippen molar-refractivity contribution in [1.82, 2.24) is 15.6 Å². The number of nitrogens with zero attached hydrogens (tertiary/aromatic N) is 2. The standard InChI is InChI=1S/C28H25N5O3S/c1-36-33-24(26(35)30-22-17-29-25(22)34)23-18-37-27(31-23)32-28(19-11-5-2-6-12-19,20-13-7-3-8-14-20)21-15-9-4-10-16-21/h2-16,18,22H,17H2,1H3,(H,29,34)(H,30,35)(H,31,32). The summed E-state index contributed by atoms with van der Waals surface area (Å²) in [6.07, 6.45) is 0. The highest BCUT2D eigenvalue weighted by molar-refractivity contribution is 7.14. The SMILES string of the molecule is CON=C(C(=O)NC1CNC1=O)c1csc(NC(c2ccccc2)(c2ccccc2)c2ccccc2)n1. The molecule has 0 bridgehead atoms. The van der Waals surface area contributed by atoms with E-state index in [2.05, 4.69) is 57.5 Å². The summed E-state index contributed by atoms with van der Waals surface area (Å²) in [6.45, 7) is 0.377. The number of carbonyl (C=O) groups excluding carboxylic acids is 2. The number of β-lactam (4-membered cyclic amide) rings is 1. The third kappa shape index (κ3) is 4.81. The van der Waals surface area contributed by atoms with Crippen LogP contribution in [0.25, 0.3) is 0 Å². The van der Waals surface area contributed by atoms with E-state index in [4.69, 9.17) is 9.82 Å². The average Bonchev–Trinajstić information content (AvgIpc) is 3.41. The minimum atomic E-state index is -0.760. The highest BCUT2D eigenvalue weighted by Gasteiger charge is 2.37. The maximum Gasteiger partial charge on any atom is 0.276 e. The van der Waals surface area contributed by atoms with Crippen molar-refractivity contribution in [1.29, 1.82) is 0 Å². The quantitative estimate of drug-likeness (QED) is 0.138. The molecule has 1 aliphatic rings. The molecule has 4 aromatic rings. The number of aromatic nitrogens is 1. The van der Waals surface area contributed by atoms with Gasteiger partial charge in [-0.2, -0.15) is 0 Å². The van der Waals surface area contributed by atoms with E-state index in [9.17, 15) is 9.59 Å². The van der Waals surface area contributed by atoms with Crippen molar-refractivity contribution in [3.05, 3.63) is 119 Å². The first kappa shape index (κ1) is 24.2. The van der Waals surface area contributed by atoms with Gasteiger partial charge in [-0.15, -0.1) is 11.3 Å². The maximum absolute atomic E-state index is 12.9. The van der Waals surface area contributed by atoms with Crippen molar-refractivity contribution in [3.63, 3.8) is 0 Å². The lowest BCUT2D eigenvalue weighted by Crippen LogP contribution is -2.62. The lowest BCUT2D eigenvalue weighted by Gasteiger charge is -2.36. The zero-order chi connectivity index (χ0) is 25.7. The van der Waals surface area contributed by atoms with E-state index in [1.165, 1.54) is 18.4 Å². The fraction of sp³-hybridized carbons (Fsp3) is 0.143. The number of oxime groups is 1. The monoisotopic (exact) mass is 511 g/mol. The molecule has 1 unspecified atom stereocenters. The van der Waals surface area contributed by atoms with Crippen LogP contribution in [0.3, 0.4) is 0 Å². The van der Waals surface area contributed by atoms with Gasteiger partial charge in [0.15, 0.2) is 10.8 Å². The van der Waals surface area contributed by atoms with Gasteiger partial charge in [0.05, 0.1) is 0 Å². The zero-order valence-corrected chi connectivity index (χ0v) is 20.9. The molecule has 0 aliphatic carbocycles. The number of rotatable bonds is 9. The van der Waals surface area contributed by atoms with Crippen molar-refractivity contribution < 1.29 is 14.4 Å². The molecule has 1 aliphatic heterocycles. The minimum Gasteiger partial charge on any atom is -0.398 e. The molecule has 1 atom stereocenters. The highest BCUT2D eigenvalue weighted by Crippen LogP contribution is 2.40. The molecule has 8 nitrogen and oxygen atoms in total. The molecule has 1 fully saturated rings.